The minimum atomic E-state index is -2.91. The Morgan fingerprint density at radius 1 is 1.29 bits per heavy atom. The fourth-order valence-electron chi connectivity index (χ4n) is 1.00. The van der Waals surface area contributed by atoms with Gasteiger partial charge in [0.25, 0.3) is 6.43 Å². The van der Waals surface area contributed by atoms with Gasteiger partial charge in [0.1, 0.15) is 0 Å². The average molecular weight is 207 g/mol. The molecule has 0 saturated heterocycles. The molecule has 1 aromatic heterocycles. The molecule has 0 bridgehead atoms. The normalized spacial score (nSPS) is 10.4. The fraction of sp³-hybridized carbons (Fsp3) is 0.375. The van der Waals surface area contributed by atoms with Crippen LogP contribution < -0.4 is 9.47 Å². The molecule has 0 aliphatic rings. The van der Waals surface area contributed by atoms with Gasteiger partial charge in [0.15, 0.2) is 17.2 Å². The number of nitrogens with zero attached hydrogens (tertiary/aromatic N) is 1. The number of pyridine rings is 1. The van der Waals surface area contributed by atoms with Gasteiger partial charge >= 0.3 is 0 Å². The Labute approximate surface area is 78.5 Å². The van der Waals surface area contributed by atoms with E-state index in [0.29, 0.717) is 0 Å². The predicted molar refractivity (Wildman–Crippen MR) is 42.3 cm³/mol. The number of rotatable bonds is 3. The van der Waals surface area contributed by atoms with Gasteiger partial charge in [-0.3, -0.25) is 0 Å². The Kier molecular flexibility index (Phi) is 3.16. The second-order valence-electron chi connectivity index (χ2n) is 2.37. The highest BCUT2D eigenvalue weighted by atomic mass is 19.3. The van der Waals surface area contributed by atoms with Gasteiger partial charge in [0.2, 0.25) is 5.95 Å². The van der Waals surface area contributed by atoms with Crippen molar-refractivity contribution in [3.63, 3.8) is 0 Å². The SMILES string of the molecule is COc1cc(F)nc(C(F)F)c1OC. The van der Waals surface area contributed by atoms with Crippen LogP contribution in [0.15, 0.2) is 6.07 Å². The lowest BCUT2D eigenvalue weighted by molar-refractivity contribution is 0.139. The van der Waals surface area contributed by atoms with E-state index in [4.69, 9.17) is 0 Å². The molecule has 78 valence electrons. The zero-order valence-electron chi connectivity index (χ0n) is 7.55. The molecule has 0 fully saturated rings. The lowest BCUT2D eigenvalue weighted by atomic mass is 10.3. The quantitative estimate of drug-likeness (QED) is 0.712. The molecule has 1 aromatic rings. The predicted octanol–water partition coefficient (Wildman–Crippen LogP) is 2.18. The summed E-state index contributed by atoms with van der Waals surface area (Å²) in [7, 11) is 2.41. The molecule has 0 radical (unpaired) electrons. The van der Waals surface area contributed by atoms with Gasteiger partial charge in [-0.25, -0.2) is 13.8 Å². The van der Waals surface area contributed by atoms with Gasteiger partial charge in [-0.05, 0) is 0 Å². The van der Waals surface area contributed by atoms with Crippen LogP contribution in [0.1, 0.15) is 12.1 Å². The third kappa shape index (κ3) is 1.89. The smallest absolute Gasteiger partial charge is 0.284 e. The van der Waals surface area contributed by atoms with Crippen LogP contribution in [0, 0.1) is 5.95 Å². The monoisotopic (exact) mass is 207 g/mol. The minimum Gasteiger partial charge on any atom is -0.493 e. The minimum absolute atomic E-state index is 0.102. The number of aromatic nitrogens is 1. The lowest BCUT2D eigenvalue weighted by Crippen LogP contribution is -2.01. The zero-order valence-corrected chi connectivity index (χ0v) is 7.55. The Balaban J connectivity index is 3.31. The first-order valence-corrected chi connectivity index (χ1v) is 3.66. The lowest BCUT2D eigenvalue weighted by Gasteiger charge is -2.10. The van der Waals surface area contributed by atoms with Crippen molar-refractivity contribution >= 4 is 0 Å². The van der Waals surface area contributed by atoms with Crippen molar-refractivity contribution in [2.45, 2.75) is 6.43 Å². The molecular formula is C8H8F3NO2. The van der Waals surface area contributed by atoms with Crippen molar-refractivity contribution in [1.82, 2.24) is 4.98 Å². The van der Waals surface area contributed by atoms with E-state index in [-0.39, 0.29) is 11.5 Å². The number of hydrogen-bond acceptors (Lipinski definition) is 3. The van der Waals surface area contributed by atoms with Gasteiger partial charge in [0.05, 0.1) is 14.2 Å². The largest absolute Gasteiger partial charge is 0.493 e. The maximum Gasteiger partial charge on any atom is 0.284 e. The molecule has 0 aliphatic heterocycles. The molecule has 0 N–H and O–H groups in total. The standard InChI is InChI=1S/C8H8F3NO2/c1-13-4-3-5(9)12-6(8(10)11)7(4)14-2/h3,8H,1-2H3. The van der Waals surface area contributed by atoms with E-state index in [9.17, 15) is 13.2 Å². The number of methoxy groups -OCH3 is 2. The molecule has 0 saturated carbocycles. The van der Waals surface area contributed by atoms with Crippen molar-refractivity contribution < 1.29 is 22.6 Å². The number of alkyl halides is 2. The van der Waals surface area contributed by atoms with Crippen molar-refractivity contribution in [2.75, 3.05) is 14.2 Å². The van der Waals surface area contributed by atoms with E-state index in [1.54, 1.807) is 0 Å². The molecule has 0 aromatic carbocycles. The first-order chi connectivity index (χ1) is 6.60. The molecule has 6 heteroatoms. The Bertz CT molecular complexity index is 331. The van der Waals surface area contributed by atoms with Crippen LogP contribution in [-0.2, 0) is 0 Å². The molecule has 1 rings (SSSR count). The average Bonchev–Trinajstić information content (AvgIpc) is 2.16. The molecule has 0 amide bonds. The molecule has 3 nitrogen and oxygen atoms in total. The summed E-state index contributed by atoms with van der Waals surface area (Å²) in [6, 6.07) is 0.880. The van der Waals surface area contributed by atoms with Crippen LogP contribution >= 0.6 is 0 Å². The molecule has 0 unspecified atom stereocenters. The first-order valence-electron chi connectivity index (χ1n) is 3.66. The summed E-state index contributed by atoms with van der Waals surface area (Å²) in [5, 5.41) is 0. The van der Waals surface area contributed by atoms with Crippen LogP contribution in [-0.4, -0.2) is 19.2 Å². The Morgan fingerprint density at radius 3 is 2.36 bits per heavy atom. The van der Waals surface area contributed by atoms with E-state index in [0.717, 1.165) is 6.07 Å². The maximum absolute atomic E-state index is 12.7. The van der Waals surface area contributed by atoms with Crippen molar-refractivity contribution in [3.8, 4) is 11.5 Å². The molecular weight excluding hydrogens is 199 g/mol. The highest BCUT2D eigenvalue weighted by Gasteiger charge is 2.21. The molecule has 0 spiro atoms. The van der Waals surface area contributed by atoms with Gasteiger partial charge in [-0.15, -0.1) is 0 Å². The topological polar surface area (TPSA) is 31.4 Å². The first kappa shape index (κ1) is 10.6. The van der Waals surface area contributed by atoms with E-state index < -0.39 is 18.1 Å². The van der Waals surface area contributed by atoms with Crippen molar-refractivity contribution in [2.24, 2.45) is 0 Å². The number of hydrogen-bond donors (Lipinski definition) is 0. The van der Waals surface area contributed by atoms with E-state index in [1.165, 1.54) is 14.2 Å². The third-order valence-corrected chi connectivity index (χ3v) is 1.56. The summed E-state index contributed by atoms with van der Waals surface area (Å²) in [4.78, 5) is 3.03. The molecule has 1 heterocycles. The summed E-state index contributed by atoms with van der Waals surface area (Å²) in [6.07, 6.45) is -2.91. The second kappa shape index (κ2) is 4.17. The van der Waals surface area contributed by atoms with E-state index >= 15 is 0 Å². The summed E-state index contributed by atoms with van der Waals surface area (Å²) in [5.41, 5.74) is -0.760. The zero-order chi connectivity index (χ0) is 10.7. The highest BCUT2D eigenvalue weighted by Crippen LogP contribution is 2.35. The van der Waals surface area contributed by atoms with Gasteiger partial charge in [-0.2, -0.15) is 4.39 Å². The molecule has 0 aliphatic carbocycles. The fourth-order valence-corrected chi connectivity index (χ4v) is 1.00. The van der Waals surface area contributed by atoms with Crippen LogP contribution in [0.5, 0.6) is 11.5 Å². The van der Waals surface area contributed by atoms with Gasteiger partial charge < -0.3 is 9.47 Å². The summed E-state index contributed by atoms with van der Waals surface area (Å²) >= 11 is 0. The Hall–Kier alpha value is -1.46. The van der Waals surface area contributed by atoms with Crippen LogP contribution in [0.2, 0.25) is 0 Å². The third-order valence-electron chi connectivity index (χ3n) is 1.56. The highest BCUT2D eigenvalue weighted by molar-refractivity contribution is 5.43. The Morgan fingerprint density at radius 2 is 1.93 bits per heavy atom. The summed E-state index contributed by atoms with van der Waals surface area (Å²) in [5.74, 6) is -1.38. The van der Waals surface area contributed by atoms with E-state index in [2.05, 4.69) is 14.5 Å². The second-order valence-corrected chi connectivity index (χ2v) is 2.37. The number of ether oxygens (including phenoxy) is 2. The number of halogens is 3. The van der Waals surface area contributed by atoms with Crippen LogP contribution in [0.3, 0.4) is 0 Å². The van der Waals surface area contributed by atoms with Crippen molar-refractivity contribution in [1.29, 1.82) is 0 Å². The summed E-state index contributed by atoms with van der Waals surface area (Å²) < 4.78 is 46.7. The van der Waals surface area contributed by atoms with Crippen molar-refractivity contribution in [3.05, 3.63) is 17.7 Å². The summed E-state index contributed by atoms with van der Waals surface area (Å²) in [6.45, 7) is 0. The van der Waals surface area contributed by atoms with Crippen LogP contribution in [0.25, 0.3) is 0 Å². The van der Waals surface area contributed by atoms with Gasteiger partial charge in [-0.1, -0.05) is 0 Å². The molecule has 14 heavy (non-hydrogen) atoms. The van der Waals surface area contributed by atoms with Crippen LogP contribution in [0.4, 0.5) is 13.2 Å². The van der Waals surface area contributed by atoms with E-state index in [1.807, 2.05) is 0 Å². The van der Waals surface area contributed by atoms with Gasteiger partial charge in [0, 0.05) is 6.07 Å². The maximum atomic E-state index is 12.7. The molecule has 0 atom stereocenters.